The van der Waals surface area contributed by atoms with Crippen molar-refractivity contribution in [1.82, 2.24) is 14.8 Å². The summed E-state index contributed by atoms with van der Waals surface area (Å²) in [5, 5.41) is 2.82. The largest absolute Gasteiger partial charge is 0.352 e. The molecule has 122 valence electrons. The van der Waals surface area contributed by atoms with Gasteiger partial charge in [-0.25, -0.2) is 0 Å². The molecule has 6 heteroatoms. The molecule has 3 heterocycles. The molecule has 3 rings (SSSR count). The van der Waals surface area contributed by atoms with Crippen LogP contribution in [0, 0.1) is 0 Å². The highest BCUT2D eigenvalue weighted by Crippen LogP contribution is 2.36. The second kappa shape index (κ2) is 6.58. The summed E-state index contributed by atoms with van der Waals surface area (Å²) in [6, 6.07) is 7.65. The van der Waals surface area contributed by atoms with Crippen molar-refractivity contribution in [3.8, 4) is 0 Å². The van der Waals surface area contributed by atoms with Crippen molar-refractivity contribution in [2.24, 2.45) is 7.05 Å². The fraction of sp³-hybridized carbons (Fsp3) is 0.412. The zero-order valence-corrected chi connectivity index (χ0v) is 14.2. The highest BCUT2D eigenvalue weighted by Gasteiger charge is 2.32. The summed E-state index contributed by atoms with van der Waals surface area (Å²) in [6.07, 6.45) is 3.83. The van der Waals surface area contributed by atoms with Crippen LogP contribution in [0.25, 0.3) is 0 Å². The van der Waals surface area contributed by atoms with Crippen molar-refractivity contribution in [2.45, 2.75) is 25.8 Å². The van der Waals surface area contributed by atoms with Gasteiger partial charge in [-0.15, -0.1) is 11.3 Å². The van der Waals surface area contributed by atoms with Gasteiger partial charge in [-0.1, -0.05) is 0 Å². The highest BCUT2D eigenvalue weighted by molar-refractivity contribution is 7.14. The molecule has 0 aliphatic carbocycles. The molecule has 5 nitrogen and oxygen atoms in total. The van der Waals surface area contributed by atoms with Crippen LogP contribution in [-0.4, -0.2) is 34.4 Å². The third-order valence-electron chi connectivity index (χ3n) is 4.19. The topological polar surface area (TPSA) is 54.3 Å². The quantitative estimate of drug-likeness (QED) is 0.936. The Morgan fingerprint density at radius 1 is 1.35 bits per heavy atom. The number of nitrogens with zero attached hydrogens (tertiary/aromatic N) is 2. The number of aromatic nitrogens is 1. The lowest BCUT2D eigenvalue weighted by atomic mass is 10.2. The van der Waals surface area contributed by atoms with E-state index in [1.807, 2.05) is 53.9 Å². The van der Waals surface area contributed by atoms with Crippen molar-refractivity contribution in [3.63, 3.8) is 0 Å². The van der Waals surface area contributed by atoms with Gasteiger partial charge in [-0.2, -0.15) is 0 Å². The predicted octanol–water partition coefficient (Wildman–Crippen LogP) is 2.81. The van der Waals surface area contributed by atoms with Gasteiger partial charge in [0.25, 0.3) is 11.8 Å². The second-order valence-electron chi connectivity index (χ2n) is 5.72. The van der Waals surface area contributed by atoms with E-state index in [1.54, 1.807) is 0 Å². The number of carbonyl (C=O) groups excluding carboxylic acids is 2. The van der Waals surface area contributed by atoms with E-state index in [0.717, 1.165) is 24.3 Å². The van der Waals surface area contributed by atoms with Gasteiger partial charge in [0.15, 0.2) is 0 Å². The summed E-state index contributed by atoms with van der Waals surface area (Å²) in [5.74, 6) is 0.0232. The van der Waals surface area contributed by atoms with Crippen LogP contribution in [0.15, 0.2) is 30.5 Å². The molecule has 2 aromatic rings. The fourth-order valence-corrected chi connectivity index (χ4v) is 4.11. The Morgan fingerprint density at radius 3 is 2.87 bits per heavy atom. The Morgan fingerprint density at radius 2 is 2.17 bits per heavy atom. The van der Waals surface area contributed by atoms with E-state index in [2.05, 4.69) is 5.32 Å². The molecule has 1 aliphatic rings. The van der Waals surface area contributed by atoms with Crippen molar-refractivity contribution in [2.75, 3.05) is 13.1 Å². The molecule has 1 unspecified atom stereocenters. The smallest absolute Gasteiger partial charge is 0.271 e. The van der Waals surface area contributed by atoms with Gasteiger partial charge in [0, 0.05) is 31.2 Å². The summed E-state index contributed by atoms with van der Waals surface area (Å²) in [6.45, 7) is 3.29. The fourth-order valence-electron chi connectivity index (χ4n) is 3.04. The maximum absolute atomic E-state index is 12.8. The molecular formula is C17H21N3O2S. The molecule has 0 saturated carbocycles. The lowest BCUT2D eigenvalue weighted by molar-refractivity contribution is 0.0728. The lowest BCUT2D eigenvalue weighted by Gasteiger charge is -2.24. The van der Waals surface area contributed by atoms with Crippen LogP contribution in [-0.2, 0) is 7.05 Å². The van der Waals surface area contributed by atoms with Crippen LogP contribution < -0.4 is 5.32 Å². The van der Waals surface area contributed by atoms with Crippen molar-refractivity contribution < 1.29 is 9.59 Å². The van der Waals surface area contributed by atoms with Gasteiger partial charge in [0.05, 0.1) is 10.9 Å². The van der Waals surface area contributed by atoms with Crippen LogP contribution in [0.3, 0.4) is 0 Å². The molecule has 0 radical (unpaired) electrons. The summed E-state index contributed by atoms with van der Waals surface area (Å²) in [7, 11) is 1.89. The van der Waals surface area contributed by atoms with Crippen molar-refractivity contribution in [3.05, 3.63) is 45.9 Å². The number of likely N-dealkylation sites (tertiary alicyclic amines) is 1. The molecule has 0 aromatic carbocycles. The summed E-state index contributed by atoms with van der Waals surface area (Å²) >= 11 is 1.49. The van der Waals surface area contributed by atoms with Gasteiger partial charge in [0.1, 0.15) is 5.69 Å². The standard InChI is InChI=1S/C17H21N3O2S/c1-3-18-16(21)15-9-8-14(23-15)12-6-5-11-20(12)17(22)13-7-4-10-19(13)2/h4,7-10,12H,3,5-6,11H2,1-2H3,(H,18,21). The molecule has 1 aliphatic heterocycles. The summed E-state index contributed by atoms with van der Waals surface area (Å²) in [4.78, 5) is 28.5. The van der Waals surface area contributed by atoms with E-state index in [-0.39, 0.29) is 17.9 Å². The molecule has 2 aromatic heterocycles. The van der Waals surface area contributed by atoms with E-state index >= 15 is 0 Å². The number of hydrogen-bond acceptors (Lipinski definition) is 3. The molecule has 23 heavy (non-hydrogen) atoms. The van der Waals surface area contributed by atoms with Crippen molar-refractivity contribution >= 4 is 23.2 Å². The minimum Gasteiger partial charge on any atom is -0.352 e. The van der Waals surface area contributed by atoms with Gasteiger partial charge in [-0.3, -0.25) is 9.59 Å². The molecule has 0 bridgehead atoms. The molecule has 0 spiro atoms. The maximum atomic E-state index is 12.8. The van der Waals surface area contributed by atoms with Crippen LogP contribution in [0.5, 0.6) is 0 Å². The maximum Gasteiger partial charge on any atom is 0.271 e. The zero-order valence-electron chi connectivity index (χ0n) is 13.4. The van der Waals surface area contributed by atoms with E-state index in [0.29, 0.717) is 17.1 Å². The van der Waals surface area contributed by atoms with Crippen LogP contribution in [0.2, 0.25) is 0 Å². The summed E-state index contributed by atoms with van der Waals surface area (Å²) in [5.41, 5.74) is 0.706. The first kappa shape index (κ1) is 15.8. The zero-order chi connectivity index (χ0) is 16.4. The SMILES string of the molecule is CCNC(=O)c1ccc(C2CCCN2C(=O)c2cccn2C)s1. The number of rotatable bonds is 4. The first-order valence-corrected chi connectivity index (χ1v) is 8.73. The average molecular weight is 331 g/mol. The van der Waals surface area contributed by atoms with Crippen LogP contribution in [0.4, 0.5) is 0 Å². The molecule has 1 atom stereocenters. The van der Waals surface area contributed by atoms with Gasteiger partial charge in [-0.05, 0) is 44.0 Å². The Bertz CT molecular complexity index is 719. The Kier molecular flexibility index (Phi) is 4.52. The van der Waals surface area contributed by atoms with Gasteiger partial charge >= 0.3 is 0 Å². The Labute approximate surface area is 139 Å². The van der Waals surface area contributed by atoms with E-state index in [1.165, 1.54) is 11.3 Å². The normalized spacial score (nSPS) is 17.5. The second-order valence-corrected chi connectivity index (χ2v) is 6.84. The number of thiophene rings is 1. The van der Waals surface area contributed by atoms with Crippen LogP contribution in [0.1, 0.15) is 50.8 Å². The molecule has 1 fully saturated rings. The number of nitrogens with one attached hydrogen (secondary N) is 1. The average Bonchev–Trinajstić information content (AvgIpc) is 3.26. The number of hydrogen-bond donors (Lipinski definition) is 1. The first-order chi connectivity index (χ1) is 11.1. The van der Waals surface area contributed by atoms with E-state index in [4.69, 9.17) is 0 Å². The minimum atomic E-state index is -0.0398. The Balaban J connectivity index is 1.81. The number of carbonyl (C=O) groups is 2. The number of aryl methyl sites for hydroxylation is 1. The van der Waals surface area contributed by atoms with E-state index < -0.39 is 0 Å². The van der Waals surface area contributed by atoms with Crippen LogP contribution >= 0.6 is 11.3 Å². The number of amides is 2. The summed E-state index contributed by atoms with van der Waals surface area (Å²) < 4.78 is 1.85. The first-order valence-electron chi connectivity index (χ1n) is 7.92. The van der Waals surface area contributed by atoms with Gasteiger partial charge < -0.3 is 14.8 Å². The Hall–Kier alpha value is -2.08. The predicted molar refractivity (Wildman–Crippen MR) is 90.8 cm³/mol. The third kappa shape index (κ3) is 3.03. The highest BCUT2D eigenvalue weighted by atomic mass is 32.1. The molecular weight excluding hydrogens is 310 g/mol. The minimum absolute atomic E-state index is 0.0398. The molecule has 1 N–H and O–H groups in total. The monoisotopic (exact) mass is 331 g/mol. The molecule has 2 amide bonds. The van der Waals surface area contributed by atoms with E-state index in [9.17, 15) is 9.59 Å². The molecule has 1 saturated heterocycles. The van der Waals surface area contributed by atoms with Crippen molar-refractivity contribution in [1.29, 1.82) is 0 Å². The van der Waals surface area contributed by atoms with Gasteiger partial charge in [0.2, 0.25) is 0 Å². The lowest BCUT2D eigenvalue weighted by Crippen LogP contribution is -2.31. The third-order valence-corrected chi connectivity index (χ3v) is 5.38.